The van der Waals surface area contributed by atoms with Crippen molar-refractivity contribution in [3.8, 4) is 0 Å². The summed E-state index contributed by atoms with van der Waals surface area (Å²) >= 11 is 0. The minimum absolute atomic E-state index is 0.0347. The Morgan fingerprint density at radius 1 is 1.00 bits per heavy atom. The van der Waals surface area contributed by atoms with Gasteiger partial charge in [0.05, 0.1) is 13.1 Å². The van der Waals surface area contributed by atoms with Crippen LogP contribution in [-0.2, 0) is 14.4 Å². The fourth-order valence-corrected chi connectivity index (χ4v) is 2.29. The number of rotatable bonds is 8. The molecule has 6 heteroatoms. The summed E-state index contributed by atoms with van der Waals surface area (Å²) in [6.45, 7) is 9.92. The highest BCUT2D eigenvalue weighted by Crippen LogP contribution is 2.08. The van der Waals surface area contributed by atoms with Gasteiger partial charge < -0.3 is 15.5 Å². The van der Waals surface area contributed by atoms with Crippen LogP contribution in [0.25, 0.3) is 0 Å². The van der Waals surface area contributed by atoms with Crippen LogP contribution in [0, 0.1) is 18.8 Å². The fourth-order valence-electron chi connectivity index (χ4n) is 2.29. The molecule has 1 aromatic rings. The Bertz CT molecular complexity index is 594. The summed E-state index contributed by atoms with van der Waals surface area (Å²) in [6.07, 6.45) is 0. The van der Waals surface area contributed by atoms with E-state index in [9.17, 15) is 14.4 Å². The zero-order valence-corrected chi connectivity index (χ0v) is 15.8. The van der Waals surface area contributed by atoms with Crippen LogP contribution in [0.1, 0.15) is 33.3 Å². The van der Waals surface area contributed by atoms with Crippen LogP contribution in [0.5, 0.6) is 0 Å². The second kappa shape index (κ2) is 9.81. The molecule has 2 N–H and O–H groups in total. The molecule has 25 heavy (non-hydrogen) atoms. The minimum Gasteiger partial charge on any atom is -0.345 e. The van der Waals surface area contributed by atoms with Crippen molar-refractivity contribution < 1.29 is 14.4 Å². The van der Waals surface area contributed by atoms with Gasteiger partial charge in [-0.05, 0) is 25.0 Å². The maximum Gasteiger partial charge on any atom is 0.243 e. The van der Waals surface area contributed by atoms with Crippen LogP contribution in [0.4, 0.5) is 5.69 Å². The molecule has 1 aromatic carbocycles. The normalized spacial score (nSPS) is 10.7. The standard InChI is InChI=1S/C19H29N3O3/c1-13(2)11-22(19(25)14(3)4)12-18(24)20-10-17(23)21-16-8-6-15(5)7-9-16/h6-9,13-14H,10-12H2,1-5H3,(H,20,24)(H,21,23). The van der Waals surface area contributed by atoms with Gasteiger partial charge in [0.15, 0.2) is 0 Å². The SMILES string of the molecule is Cc1ccc(NC(=O)CNC(=O)CN(CC(C)C)C(=O)C(C)C)cc1. The molecule has 0 aliphatic rings. The number of carbonyl (C=O) groups is 3. The van der Waals surface area contributed by atoms with Gasteiger partial charge in [-0.3, -0.25) is 14.4 Å². The highest BCUT2D eigenvalue weighted by molar-refractivity contribution is 5.95. The molecule has 0 aromatic heterocycles. The number of amides is 3. The predicted octanol–water partition coefficient (Wildman–Crippen LogP) is 2.19. The first-order valence-electron chi connectivity index (χ1n) is 8.61. The third kappa shape index (κ3) is 7.83. The first-order valence-corrected chi connectivity index (χ1v) is 8.61. The number of anilines is 1. The lowest BCUT2D eigenvalue weighted by Crippen LogP contribution is -2.45. The maximum absolute atomic E-state index is 12.2. The van der Waals surface area contributed by atoms with Gasteiger partial charge in [-0.2, -0.15) is 0 Å². The topological polar surface area (TPSA) is 78.5 Å². The number of hydrogen-bond donors (Lipinski definition) is 2. The van der Waals surface area contributed by atoms with E-state index in [1.165, 1.54) is 0 Å². The highest BCUT2D eigenvalue weighted by atomic mass is 16.2. The number of benzene rings is 1. The van der Waals surface area contributed by atoms with E-state index in [1.807, 2.05) is 46.8 Å². The smallest absolute Gasteiger partial charge is 0.243 e. The first kappa shape index (κ1) is 20.7. The van der Waals surface area contributed by atoms with Crippen LogP contribution >= 0.6 is 0 Å². The molecule has 3 amide bonds. The van der Waals surface area contributed by atoms with Gasteiger partial charge in [-0.15, -0.1) is 0 Å². The van der Waals surface area contributed by atoms with Gasteiger partial charge >= 0.3 is 0 Å². The van der Waals surface area contributed by atoms with Crippen LogP contribution in [0.15, 0.2) is 24.3 Å². The number of nitrogens with one attached hydrogen (secondary N) is 2. The molecule has 138 valence electrons. The largest absolute Gasteiger partial charge is 0.345 e. The van der Waals surface area contributed by atoms with Gasteiger partial charge in [0, 0.05) is 18.2 Å². The van der Waals surface area contributed by atoms with E-state index in [2.05, 4.69) is 10.6 Å². The molecule has 0 aliphatic carbocycles. The Morgan fingerprint density at radius 3 is 2.12 bits per heavy atom. The number of nitrogens with zero attached hydrogens (tertiary/aromatic N) is 1. The van der Waals surface area contributed by atoms with Crippen molar-refractivity contribution in [2.24, 2.45) is 11.8 Å². The lowest BCUT2D eigenvalue weighted by atomic mass is 10.1. The van der Waals surface area contributed by atoms with Gasteiger partial charge in [0.25, 0.3) is 0 Å². The average molecular weight is 347 g/mol. The van der Waals surface area contributed by atoms with Gasteiger partial charge in [0.2, 0.25) is 17.7 Å². The van der Waals surface area contributed by atoms with Crippen LogP contribution < -0.4 is 10.6 Å². The molecule has 6 nitrogen and oxygen atoms in total. The highest BCUT2D eigenvalue weighted by Gasteiger charge is 2.20. The predicted molar refractivity (Wildman–Crippen MR) is 99.1 cm³/mol. The molecule has 0 saturated heterocycles. The van der Waals surface area contributed by atoms with E-state index in [0.717, 1.165) is 5.56 Å². The Morgan fingerprint density at radius 2 is 1.60 bits per heavy atom. The van der Waals surface area contributed by atoms with Crippen molar-refractivity contribution in [1.82, 2.24) is 10.2 Å². The van der Waals surface area contributed by atoms with E-state index < -0.39 is 0 Å². The fraction of sp³-hybridized carbons (Fsp3) is 0.526. The van der Waals surface area contributed by atoms with E-state index in [0.29, 0.717) is 12.2 Å². The summed E-state index contributed by atoms with van der Waals surface area (Å²) in [5, 5.41) is 5.28. The lowest BCUT2D eigenvalue weighted by Gasteiger charge is -2.25. The number of aryl methyl sites for hydroxylation is 1. The average Bonchev–Trinajstić information content (AvgIpc) is 2.53. The van der Waals surface area contributed by atoms with Crippen LogP contribution in [-0.4, -0.2) is 42.3 Å². The van der Waals surface area contributed by atoms with Crippen molar-refractivity contribution in [1.29, 1.82) is 0 Å². The monoisotopic (exact) mass is 347 g/mol. The number of carbonyl (C=O) groups excluding carboxylic acids is 3. The lowest BCUT2D eigenvalue weighted by molar-refractivity contribution is -0.139. The summed E-state index contributed by atoms with van der Waals surface area (Å²) in [5.41, 5.74) is 1.78. The second-order valence-electron chi connectivity index (χ2n) is 6.96. The third-order valence-electron chi connectivity index (χ3n) is 3.51. The quantitative estimate of drug-likeness (QED) is 0.757. The molecule has 0 fully saturated rings. The summed E-state index contributed by atoms with van der Waals surface area (Å²) in [4.78, 5) is 37.7. The van der Waals surface area contributed by atoms with Gasteiger partial charge in [-0.1, -0.05) is 45.4 Å². The summed E-state index contributed by atoms with van der Waals surface area (Å²) in [6, 6.07) is 7.41. The van der Waals surface area contributed by atoms with E-state index in [1.54, 1.807) is 17.0 Å². The second-order valence-corrected chi connectivity index (χ2v) is 6.96. The van der Waals surface area contributed by atoms with Crippen molar-refractivity contribution in [3.63, 3.8) is 0 Å². The molecule has 0 atom stereocenters. The van der Waals surface area contributed by atoms with E-state index in [4.69, 9.17) is 0 Å². The molecule has 0 saturated carbocycles. The Balaban J connectivity index is 2.49. The molecule has 0 unspecified atom stereocenters. The molecular formula is C19H29N3O3. The molecule has 1 rings (SSSR count). The Kier molecular flexibility index (Phi) is 8.11. The zero-order valence-electron chi connectivity index (χ0n) is 15.8. The molecule has 0 radical (unpaired) electrons. The molecule has 0 spiro atoms. The number of hydrogen-bond acceptors (Lipinski definition) is 3. The van der Waals surface area contributed by atoms with Gasteiger partial charge in [-0.25, -0.2) is 0 Å². The maximum atomic E-state index is 12.2. The molecular weight excluding hydrogens is 318 g/mol. The summed E-state index contributed by atoms with van der Waals surface area (Å²) in [5.74, 6) is -0.610. The Labute approximate surface area is 150 Å². The van der Waals surface area contributed by atoms with Crippen molar-refractivity contribution >= 4 is 23.4 Å². The van der Waals surface area contributed by atoms with Crippen molar-refractivity contribution in [2.75, 3.05) is 25.0 Å². The first-order chi connectivity index (χ1) is 11.7. The molecule has 0 bridgehead atoms. The Hall–Kier alpha value is -2.37. The zero-order chi connectivity index (χ0) is 19.0. The summed E-state index contributed by atoms with van der Waals surface area (Å²) < 4.78 is 0. The van der Waals surface area contributed by atoms with Gasteiger partial charge in [0.1, 0.15) is 0 Å². The molecule has 0 aliphatic heterocycles. The summed E-state index contributed by atoms with van der Waals surface area (Å²) in [7, 11) is 0. The van der Waals surface area contributed by atoms with Crippen LogP contribution in [0.3, 0.4) is 0 Å². The van der Waals surface area contributed by atoms with E-state index >= 15 is 0 Å². The third-order valence-corrected chi connectivity index (χ3v) is 3.51. The van der Waals surface area contributed by atoms with Crippen LogP contribution in [0.2, 0.25) is 0 Å². The minimum atomic E-state index is -0.339. The molecule has 0 heterocycles. The van der Waals surface area contributed by atoms with Crippen molar-refractivity contribution in [2.45, 2.75) is 34.6 Å². The van der Waals surface area contributed by atoms with E-state index in [-0.39, 0.29) is 42.6 Å². The van der Waals surface area contributed by atoms with Crippen molar-refractivity contribution in [3.05, 3.63) is 29.8 Å².